The quantitative estimate of drug-likeness (QED) is 0.700. The van der Waals surface area contributed by atoms with Crippen molar-refractivity contribution in [2.24, 2.45) is 5.92 Å². The van der Waals surface area contributed by atoms with E-state index in [9.17, 15) is 14.4 Å². The summed E-state index contributed by atoms with van der Waals surface area (Å²) in [5, 5.41) is 5.07. The van der Waals surface area contributed by atoms with E-state index in [1.165, 1.54) is 6.92 Å². The molecule has 0 unspecified atom stereocenters. The van der Waals surface area contributed by atoms with Gasteiger partial charge in [-0.15, -0.1) is 0 Å². The summed E-state index contributed by atoms with van der Waals surface area (Å²) >= 11 is 0. The Labute approximate surface area is 148 Å². The molecule has 0 aromatic heterocycles. The first-order valence-corrected chi connectivity index (χ1v) is 8.30. The van der Waals surface area contributed by atoms with Crippen LogP contribution in [0.2, 0.25) is 0 Å². The molecule has 0 saturated carbocycles. The third-order valence-electron chi connectivity index (χ3n) is 3.42. The fraction of sp³-hybridized carbons (Fsp3) is 0.500. The van der Waals surface area contributed by atoms with Gasteiger partial charge in [0.25, 0.3) is 5.91 Å². The molecule has 0 aliphatic heterocycles. The molecule has 1 aromatic rings. The van der Waals surface area contributed by atoms with Gasteiger partial charge in [-0.2, -0.15) is 0 Å². The number of ether oxygens (including phenoxy) is 2. The number of carbonyl (C=O) groups is 3. The normalized spacial score (nSPS) is 12.8. The van der Waals surface area contributed by atoms with Crippen molar-refractivity contribution in [3.63, 3.8) is 0 Å². The summed E-state index contributed by atoms with van der Waals surface area (Å²) in [6.45, 7) is 7.32. The van der Waals surface area contributed by atoms with Crippen LogP contribution in [0.25, 0.3) is 0 Å². The largest absolute Gasteiger partial charge is 0.451 e. The van der Waals surface area contributed by atoms with E-state index in [0.29, 0.717) is 6.54 Å². The average molecular weight is 350 g/mol. The summed E-state index contributed by atoms with van der Waals surface area (Å²) in [5.41, 5.74) is 0.839. The first kappa shape index (κ1) is 20.5. The topological polar surface area (TPSA) is 93.7 Å². The number of esters is 1. The predicted octanol–water partition coefficient (Wildman–Crippen LogP) is 2.01. The van der Waals surface area contributed by atoms with Crippen LogP contribution in [0.4, 0.5) is 4.79 Å². The van der Waals surface area contributed by atoms with E-state index in [4.69, 9.17) is 9.47 Å². The van der Waals surface area contributed by atoms with Crippen LogP contribution >= 0.6 is 0 Å². The van der Waals surface area contributed by atoms with E-state index in [0.717, 1.165) is 5.56 Å². The SMILES string of the molecule is CCNC(=O)[C@H](C)OC(=O)[C@@H](NC(=O)OCc1ccccc1)C(C)C. The molecular weight excluding hydrogens is 324 g/mol. The highest BCUT2D eigenvalue weighted by atomic mass is 16.6. The van der Waals surface area contributed by atoms with Crippen molar-refractivity contribution in [2.45, 2.75) is 46.4 Å². The molecule has 0 aliphatic rings. The van der Waals surface area contributed by atoms with Gasteiger partial charge in [-0.05, 0) is 25.3 Å². The summed E-state index contributed by atoms with van der Waals surface area (Å²) in [7, 11) is 0. The van der Waals surface area contributed by atoms with Gasteiger partial charge in [0.1, 0.15) is 12.6 Å². The number of likely N-dealkylation sites (N-methyl/N-ethyl adjacent to an activating group) is 1. The second kappa shape index (κ2) is 10.3. The second-order valence-electron chi connectivity index (χ2n) is 5.90. The third kappa shape index (κ3) is 7.24. The van der Waals surface area contributed by atoms with Crippen molar-refractivity contribution < 1.29 is 23.9 Å². The Morgan fingerprint density at radius 2 is 1.72 bits per heavy atom. The van der Waals surface area contributed by atoms with Gasteiger partial charge < -0.3 is 20.1 Å². The predicted molar refractivity (Wildman–Crippen MR) is 92.6 cm³/mol. The molecule has 7 nitrogen and oxygen atoms in total. The van der Waals surface area contributed by atoms with E-state index in [2.05, 4.69) is 10.6 Å². The molecule has 25 heavy (non-hydrogen) atoms. The zero-order valence-corrected chi connectivity index (χ0v) is 15.1. The molecule has 1 aromatic carbocycles. The lowest BCUT2D eigenvalue weighted by atomic mass is 10.1. The lowest BCUT2D eigenvalue weighted by Gasteiger charge is -2.22. The molecule has 0 radical (unpaired) electrons. The summed E-state index contributed by atoms with van der Waals surface area (Å²) < 4.78 is 10.2. The van der Waals surface area contributed by atoms with E-state index in [-0.39, 0.29) is 18.4 Å². The lowest BCUT2D eigenvalue weighted by Crippen LogP contribution is -2.47. The molecule has 0 aliphatic carbocycles. The van der Waals surface area contributed by atoms with Crippen molar-refractivity contribution in [2.75, 3.05) is 6.54 Å². The van der Waals surface area contributed by atoms with E-state index in [1.807, 2.05) is 30.3 Å². The zero-order valence-electron chi connectivity index (χ0n) is 15.1. The lowest BCUT2D eigenvalue weighted by molar-refractivity contribution is -0.157. The van der Waals surface area contributed by atoms with Crippen molar-refractivity contribution in [3.8, 4) is 0 Å². The standard InChI is InChI=1S/C18H26N2O5/c1-5-19-16(21)13(4)25-17(22)15(12(2)3)20-18(23)24-11-14-9-7-6-8-10-14/h6-10,12-13,15H,5,11H2,1-4H3,(H,19,21)(H,20,23)/t13-,15-/m0/s1. The Bertz CT molecular complexity index is 574. The molecule has 2 N–H and O–H groups in total. The first-order valence-electron chi connectivity index (χ1n) is 8.30. The summed E-state index contributed by atoms with van der Waals surface area (Å²) in [4.78, 5) is 35.8. The summed E-state index contributed by atoms with van der Waals surface area (Å²) in [6, 6.07) is 8.30. The van der Waals surface area contributed by atoms with Gasteiger partial charge in [0.2, 0.25) is 0 Å². The molecule has 0 fully saturated rings. The fourth-order valence-corrected chi connectivity index (χ4v) is 2.01. The van der Waals surface area contributed by atoms with Crippen LogP contribution in [0.5, 0.6) is 0 Å². The van der Waals surface area contributed by atoms with Crippen LogP contribution < -0.4 is 10.6 Å². The highest BCUT2D eigenvalue weighted by molar-refractivity contribution is 5.86. The van der Waals surface area contributed by atoms with Gasteiger partial charge in [0.15, 0.2) is 6.10 Å². The molecule has 2 atom stereocenters. The van der Waals surface area contributed by atoms with E-state index < -0.39 is 24.2 Å². The molecule has 0 spiro atoms. The summed E-state index contributed by atoms with van der Waals surface area (Å²) in [6.07, 6.45) is -1.65. The number of carbonyl (C=O) groups excluding carboxylic acids is 3. The number of hydrogen-bond acceptors (Lipinski definition) is 5. The van der Waals surface area contributed by atoms with E-state index >= 15 is 0 Å². The van der Waals surface area contributed by atoms with Gasteiger partial charge in [-0.1, -0.05) is 44.2 Å². The summed E-state index contributed by atoms with van der Waals surface area (Å²) in [5.74, 6) is -1.28. The number of nitrogens with one attached hydrogen (secondary N) is 2. The maximum atomic E-state index is 12.2. The highest BCUT2D eigenvalue weighted by Crippen LogP contribution is 2.08. The minimum atomic E-state index is -0.934. The van der Waals surface area contributed by atoms with Crippen molar-refractivity contribution in [1.29, 1.82) is 0 Å². The molecule has 0 bridgehead atoms. The fourth-order valence-electron chi connectivity index (χ4n) is 2.01. The smallest absolute Gasteiger partial charge is 0.408 e. The Balaban J connectivity index is 2.56. The monoisotopic (exact) mass is 350 g/mol. The van der Waals surface area contributed by atoms with Crippen LogP contribution in [0, 0.1) is 5.92 Å². The minimum absolute atomic E-state index is 0.0991. The maximum Gasteiger partial charge on any atom is 0.408 e. The Morgan fingerprint density at radius 3 is 2.28 bits per heavy atom. The first-order chi connectivity index (χ1) is 11.8. The molecular formula is C18H26N2O5. The zero-order chi connectivity index (χ0) is 18.8. The maximum absolute atomic E-state index is 12.2. The van der Waals surface area contributed by atoms with E-state index in [1.54, 1.807) is 20.8 Å². The number of alkyl carbamates (subject to hydrolysis) is 1. The molecule has 1 rings (SSSR count). The van der Waals surface area contributed by atoms with Crippen LogP contribution in [-0.4, -0.2) is 36.7 Å². The minimum Gasteiger partial charge on any atom is -0.451 e. The molecule has 138 valence electrons. The molecule has 2 amide bonds. The van der Waals surface area contributed by atoms with Gasteiger partial charge >= 0.3 is 12.1 Å². The van der Waals surface area contributed by atoms with Crippen LogP contribution in [-0.2, 0) is 25.7 Å². The van der Waals surface area contributed by atoms with Crippen LogP contribution in [0.15, 0.2) is 30.3 Å². The number of hydrogen-bond donors (Lipinski definition) is 2. The van der Waals surface area contributed by atoms with Gasteiger partial charge in [0.05, 0.1) is 0 Å². The van der Waals surface area contributed by atoms with Gasteiger partial charge in [-0.3, -0.25) is 4.79 Å². The third-order valence-corrected chi connectivity index (χ3v) is 3.42. The number of rotatable bonds is 8. The molecule has 7 heteroatoms. The Morgan fingerprint density at radius 1 is 1.08 bits per heavy atom. The Kier molecular flexibility index (Phi) is 8.46. The second-order valence-corrected chi connectivity index (χ2v) is 5.90. The van der Waals surface area contributed by atoms with Crippen molar-refractivity contribution >= 4 is 18.0 Å². The van der Waals surface area contributed by atoms with Gasteiger partial charge in [0, 0.05) is 6.54 Å². The van der Waals surface area contributed by atoms with Crippen molar-refractivity contribution in [3.05, 3.63) is 35.9 Å². The number of amides is 2. The highest BCUT2D eigenvalue weighted by Gasteiger charge is 2.29. The molecule has 0 heterocycles. The van der Waals surface area contributed by atoms with Gasteiger partial charge in [-0.25, -0.2) is 9.59 Å². The Hall–Kier alpha value is -2.57. The average Bonchev–Trinajstić information content (AvgIpc) is 2.58. The van der Waals surface area contributed by atoms with Crippen LogP contribution in [0.3, 0.4) is 0 Å². The number of benzene rings is 1. The van der Waals surface area contributed by atoms with Crippen molar-refractivity contribution in [1.82, 2.24) is 10.6 Å². The van der Waals surface area contributed by atoms with Crippen LogP contribution in [0.1, 0.15) is 33.3 Å². The molecule has 0 saturated heterocycles.